The molecule has 7 nitrogen and oxygen atoms in total. The Labute approximate surface area is 186 Å². The van der Waals surface area contributed by atoms with E-state index in [1.807, 2.05) is 42.7 Å². The van der Waals surface area contributed by atoms with E-state index in [2.05, 4.69) is 10.3 Å². The van der Waals surface area contributed by atoms with Gasteiger partial charge in [0.15, 0.2) is 0 Å². The number of ether oxygens (including phenoxy) is 2. The molecular weight excluding hydrogens is 416 g/mol. The van der Waals surface area contributed by atoms with Gasteiger partial charge in [0.2, 0.25) is 12.3 Å². The number of carbonyl (C=O) groups is 3. The molecule has 1 N–H and O–H groups in total. The van der Waals surface area contributed by atoms with Crippen LogP contribution in [0.25, 0.3) is 0 Å². The summed E-state index contributed by atoms with van der Waals surface area (Å²) in [5.74, 6) is 0.0718. The zero-order valence-corrected chi connectivity index (χ0v) is 18.8. The molecule has 8 heteroatoms. The van der Waals surface area contributed by atoms with Gasteiger partial charge in [-0.15, -0.1) is 0 Å². The van der Waals surface area contributed by atoms with Crippen molar-refractivity contribution in [1.29, 1.82) is 0 Å². The molecule has 0 bridgehead atoms. The van der Waals surface area contributed by atoms with Crippen molar-refractivity contribution < 1.29 is 23.9 Å². The zero-order valence-electron chi connectivity index (χ0n) is 18.0. The Kier molecular flexibility index (Phi) is 10.0. The number of benzene rings is 1. The molecule has 0 aliphatic heterocycles. The third-order valence-electron chi connectivity index (χ3n) is 4.49. The molecule has 2 aromatic rings. The van der Waals surface area contributed by atoms with Gasteiger partial charge in [-0.25, -0.2) is 0 Å². The van der Waals surface area contributed by atoms with E-state index in [0.29, 0.717) is 25.9 Å². The Morgan fingerprint density at radius 3 is 2.42 bits per heavy atom. The molecule has 2 amide bonds. The number of carbonyl (C=O) groups excluding carboxylic acids is 3. The number of thioether (sulfide) groups is 1. The highest BCUT2D eigenvalue weighted by Gasteiger charge is 2.17. The molecule has 1 aromatic carbocycles. The summed E-state index contributed by atoms with van der Waals surface area (Å²) >= 11 is 1.40. The fourth-order valence-corrected chi connectivity index (χ4v) is 3.29. The average Bonchev–Trinajstić information content (AvgIpc) is 2.77. The summed E-state index contributed by atoms with van der Waals surface area (Å²) in [6, 6.07) is 11.4. The molecule has 0 aliphatic carbocycles. The molecule has 0 radical (unpaired) electrons. The number of hydrogen-bond acceptors (Lipinski definition) is 7. The Hall–Kier alpha value is -2.87. The standard InChI is InChI=1S/C23H28N2O5S/c1-16(2)23(28)30-14-18-4-7-19(24-13-18)10-11-29-20-8-5-17(6-9-20)12-21(31-3)22(27)25-15-26/h4-9,13,15-16,21H,10-12,14H2,1-3H3,(H,25,26,27). The first-order valence-corrected chi connectivity index (χ1v) is 11.3. The van der Waals surface area contributed by atoms with Gasteiger partial charge >= 0.3 is 5.97 Å². The average molecular weight is 445 g/mol. The van der Waals surface area contributed by atoms with E-state index in [4.69, 9.17) is 9.47 Å². The Balaban J connectivity index is 1.77. The van der Waals surface area contributed by atoms with Crippen LogP contribution in [0.4, 0.5) is 0 Å². The van der Waals surface area contributed by atoms with Gasteiger partial charge in [0.1, 0.15) is 12.4 Å². The Bertz CT molecular complexity index is 853. The molecule has 0 spiro atoms. The third-order valence-corrected chi connectivity index (χ3v) is 5.44. The summed E-state index contributed by atoms with van der Waals surface area (Å²) in [6.07, 6.45) is 5.14. The maximum absolute atomic E-state index is 11.8. The van der Waals surface area contributed by atoms with E-state index in [1.54, 1.807) is 20.0 Å². The van der Waals surface area contributed by atoms with Gasteiger partial charge in [-0.05, 0) is 36.4 Å². The van der Waals surface area contributed by atoms with Crippen molar-refractivity contribution >= 4 is 30.0 Å². The fourth-order valence-electron chi connectivity index (χ4n) is 2.65. The molecule has 1 aromatic heterocycles. The van der Waals surface area contributed by atoms with Gasteiger partial charge in [0.25, 0.3) is 0 Å². The van der Waals surface area contributed by atoms with Gasteiger partial charge in [-0.1, -0.05) is 32.0 Å². The van der Waals surface area contributed by atoms with Crippen LogP contribution in [0.15, 0.2) is 42.6 Å². The monoisotopic (exact) mass is 444 g/mol. The summed E-state index contributed by atoms with van der Waals surface area (Å²) in [4.78, 5) is 38.2. The zero-order chi connectivity index (χ0) is 22.6. The number of pyridine rings is 1. The second-order valence-corrected chi connectivity index (χ2v) is 8.26. The van der Waals surface area contributed by atoms with Gasteiger partial charge in [-0.3, -0.25) is 24.7 Å². The molecular formula is C23H28N2O5S. The van der Waals surface area contributed by atoms with Crippen molar-refractivity contribution in [1.82, 2.24) is 10.3 Å². The number of nitrogens with zero attached hydrogens (tertiary/aromatic N) is 1. The number of amides is 2. The largest absolute Gasteiger partial charge is 0.493 e. The highest BCUT2D eigenvalue weighted by Crippen LogP contribution is 2.18. The van der Waals surface area contributed by atoms with Gasteiger partial charge < -0.3 is 9.47 Å². The Morgan fingerprint density at radius 2 is 1.84 bits per heavy atom. The molecule has 0 saturated carbocycles. The summed E-state index contributed by atoms with van der Waals surface area (Å²) in [6.45, 7) is 4.30. The van der Waals surface area contributed by atoms with E-state index in [-0.39, 0.29) is 29.7 Å². The third kappa shape index (κ3) is 8.41. The van der Waals surface area contributed by atoms with Crippen molar-refractivity contribution in [2.24, 2.45) is 5.92 Å². The quantitative estimate of drug-likeness (QED) is 0.397. The van der Waals surface area contributed by atoms with Gasteiger partial charge in [-0.2, -0.15) is 11.8 Å². The van der Waals surface area contributed by atoms with E-state index in [1.165, 1.54) is 11.8 Å². The van der Waals surface area contributed by atoms with Crippen LogP contribution in [0.1, 0.15) is 30.7 Å². The predicted octanol–water partition coefficient (Wildman–Crippen LogP) is 2.95. The normalized spacial score (nSPS) is 11.6. The number of imide groups is 1. The topological polar surface area (TPSA) is 94.6 Å². The minimum absolute atomic E-state index is 0.146. The first-order valence-electron chi connectivity index (χ1n) is 10.0. The van der Waals surface area contributed by atoms with Crippen LogP contribution in [-0.4, -0.2) is 41.4 Å². The minimum atomic E-state index is -0.320. The van der Waals surface area contributed by atoms with Crippen LogP contribution in [0, 0.1) is 5.92 Å². The highest BCUT2D eigenvalue weighted by atomic mass is 32.2. The summed E-state index contributed by atoms with van der Waals surface area (Å²) in [5.41, 5.74) is 2.72. The second-order valence-electron chi connectivity index (χ2n) is 7.22. The molecule has 0 fully saturated rings. The van der Waals surface area contributed by atoms with Gasteiger partial charge in [0, 0.05) is 23.9 Å². The Morgan fingerprint density at radius 1 is 1.13 bits per heavy atom. The highest BCUT2D eigenvalue weighted by molar-refractivity contribution is 7.99. The van der Waals surface area contributed by atoms with Crippen molar-refractivity contribution in [3.05, 3.63) is 59.4 Å². The molecule has 166 valence electrons. The maximum Gasteiger partial charge on any atom is 0.308 e. The number of esters is 1. The smallest absolute Gasteiger partial charge is 0.308 e. The van der Waals surface area contributed by atoms with Gasteiger partial charge in [0.05, 0.1) is 17.8 Å². The maximum atomic E-state index is 11.8. The molecule has 31 heavy (non-hydrogen) atoms. The molecule has 0 aliphatic rings. The second kappa shape index (κ2) is 12.7. The number of rotatable bonds is 12. The summed E-state index contributed by atoms with van der Waals surface area (Å²) in [5, 5.41) is 1.88. The lowest BCUT2D eigenvalue weighted by Crippen LogP contribution is -2.32. The molecule has 1 heterocycles. The van der Waals surface area contributed by atoms with Crippen LogP contribution in [-0.2, 0) is 38.6 Å². The van der Waals surface area contributed by atoms with E-state index in [9.17, 15) is 14.4 Å². The van der Waals surface area contributed by atoms with Crippen LogP contribution in [0.3, 0.4) is 0 Å². The van der Waals surface area contributed by atoms with E-state index in [0.717, 1.165) is 22.6 Å². The lowest BCUT2D eigenvalue weighted by Gasteiger charge is -2.13. The fraction of sp³-hybridized carbons (Fsp3) is 0.391. The molecule has 0 saturated heterocycles. The van der Waals surface area contributed by atoms with Crippen LogP contribution < -0.4 is 10.1 Å². The lowest BCUT2D eigenvalue weighted by atomic mass is 10.1. The first kappa shape index (κ1) is 24.4. The van der Waals surface area contributed by atoms with Crippen molar-refractivity contribution in [3.63, 3.8) is 0 Å². The van der Waals surface area contributed by atoms with E-state index >= 15 is 0 Å². The van der Waals surface area contributed by atoms with Crippen LogP contribution in [0.5, 0.6) is 5.75 Å². The van der Waals surface area contributed by atoms with Crippen molar-refractivity contribution in [2.45, 2.75) is 38.5 Å². The number of aromatic nitrogens is 1. The number of hydrogen-bond donors (Lipinski definition) is 1. The first-order chi connectivity index (χ1) is 14.9. The van der Waals surface area contributed by atoms with E-state index < -0.39 is 0 Å². The minimum Gasteiger partial charge on any atom is -0.493 e. The van der Waals surface area contributed by atoms with Crippen LogP contribution >= 0.6 is 11.8 Å². The predicted molar refractivity (Wildman–Crippen MR) is 120 cm³/mol. The summed E-state index contributed by atoms with van der Waals surface area (Å²) < 4.78 is 11.0. The summed E-state index contributed by atoms with van der Waals surface area (Å²) in [7, 11) is 0. The lowest BCUT2D eigenvalue weighted by molar-refractivity contribution is -0.148. The number of nitrogens with one attached hydrogen (secondary N) is 1. The van der Waals surface area contributed by atoms with Crippen molar-refractivity contribution in [3.8, 4) is 5.75 Å². The van der Waals surface area contributed by atoms with Crippen molar-refractivity contribution in [2.75, 3.05) is 12.9 Å². The van der Waals surface area contributed by atoms with Crippen LogP contribution in [0.2, 0.25) is 0 Å². The molecule has 2 rings (SSSR count). The molecule has 1 unspecified atom stereocenters. The molecule has 1 atom stereocenters. The SMILES string of the molecule is CSC(Cc1ccc(OCCc2ccc(COC(=O)C(C)C)cn2)cc1)C(=O)NC=O.